The van der Waals surface area contributed by atoms with Crippen molar-refractivity contribution >= 4 is 35.7 Å². The summed E-state index contributed by atoms with van der Waals surface area (Å²) in [5, 5.41) is 0. The topological polar surface area (TPSA) is 207 Å². The molecule has 2 rings (SSSR count). The van der Waals surface area contributed by atoms with Gasteiger partial charge in [-0.15, -0.1) is 0 Å². The second kappa shape index (κ2) is 8.22. The maximum Gasteiger partial charge on any atom is 0.490 e. The van der Waals surface area contributed by atoms with E-state index in [4.69, 9.17) is 19.4 Å². The molecule has 0 radical (unpaired) electrons. The highest BCUT2D eigenvalue weighted by Crippen LogP contribution is 2.66. The standard InChI is InChI=1S/C8H11F2N2O12P3S/c9-3-1-5(21-7(3)12-2-4(10)6(28)11-8(12)13)22-26(17,18)24-27(19,20)23-25(14,15)16/h2-3,5,7H,1H2,(H,17,18)(H,19,20)(H,11,13,28)(H2,14,15,16)/t3-,5+,7+/m0/s1. The molecule has 1 aromatic rings. The van der Waals surface area contributed by atoms with Crippen LogP contribution in [-0.2, 0) is 31.6 Å². The maximum absolute atomic E-state index is 14.1. The fourth-order valence-electron chi connectivity index (χ4n) is 2.00. The van der Waals surface area contributed by atoms with Crippen molar-refractivity contribution in [2.45, 2.75) is 25.1 Å². The van der Waals surface area contributed by atoms with Gasteiger partial charge in [0, 0.05) is 6.42 Å². The lowest BCUT2D eigenvalue weighted by molar-refractivity contribution is -0.112. The second-order valence-corrected chi connectivity index (χ2v) is 9.83. The van der Waals surface area contributed by atoms with E-state index in [0.717, 1.165) is 0 Å². The molecule has 5 atom stereocenters. The van der Waals surface area contributed by atoms with Crippen molar-refractivity contribution in [3.63, 3.8) is 0 Å². The summed E-state index contributed by atoms with van der Waals surface area (Å²) in [7, 11) is -16.9. The molecule has 1 aromatic heterocycles. The molecule has 20 heteroatoms. The van der Waals surface area contributed by atoms with E-state index in [-0.39, 0.29) is 0 Å². The first-order valence-electron chi connectivity index (χ1n) is 6.71. The number of phosphoric acid groups is 3. The summed E-state index contributed by atoms with van der Waals surface area (Å²) >= 11 is 4.48. The molecule has 0 amide bonds. The zero-order valence-corrected chi connectivity index (χ0v) is 16.5. The van der Waals surface area contributed by atoms with Crippen LogP contribution in [0.5, 0.6) is 0 Å². The van der Waals surface area contributed by atoms with Gasteiger partial charge in [0.05, 0.1) is 6.20 Å². The molecule has 14 nitrogen and oxygen atoms in total. The van der Waals surface area contributed by atoms with E-state index in [9.17, 15) is 32.2 Å². The number of aromatic nitrogens is 2. The van der Waals surface area contributed by atoms with Gasteiger partial charge in [-0.2, -0.15) is 8.62 Å². The van der Waals surface area contributed by atoms with E-state index in [0.29, 0.717) is 10.8 Å². The number of aromatic amines is 1. The molecule has 0 bridgehead atoms. The Balaban J connectivity index is 2.12. The Morgan fingerprint density at radius 1 is 1.21 bits per heavy atom. The lowest BCUT2D eigenvalue weighted by atomic mass is 10.3. The van der Waals surface area contributed by atoms with Crippen molar-refractivity contribution < 1.29 is 59.9 Å². The summed E-state index contributed by atoms with van der Waals surface area (Å²) in [5.41, 5.74) is -1.07. The van der Waals surface area contributed by atoms with E-state index >= 15 is 0 Å². The van der Waals surface area contributed by atoms with Crippen LogP contribution in [0, 0.1) is 10.5 Å². The molecule has 1 saturated heterocycles. The number of hydrogen-bond acceptors (Lipinski definition) is 9. The first-order chi connectivity index (χ1) is 12.6. The van der Waals surface area contributed by atoms with Crippen molar-refractivity contribution in [1.29, 1.82) is 0 Å². The van der Waals surface area contributed by atoms with Crippen molar-refractivity contribution in [3.8, 4) is 0 Å². The van der Waals surface area contributed by atoms with Crippen molar-refractivity contribution in [1.82, 2.24) is 9.55 Å². The molecular formula is C8H11F2N2O12P3S. The molecule has 0 aromatic carbocycles. The van der Waals surface area contributed by atoms with E-state index in [2.05, 4.69) is 25.4 Å². The van der Waals surface area contributed by atoms with Gasteiger partial charge in [0.1, 0.15) is 4.64 Å². The monoisotopic (exact) mass is 490 g/mol. The van der Waals surface area contributed by atoms with Crippen LogP contribution < -0.4 is 5.69 Å². The minimum atomic E-state index is -5.77. The number of ether oxygens (including phenoxy) is 1. The summed E-state index contributed by atoms with van der Waals surface area (Å²) < 4.78 is 77.0. The summed E-state index contributed by atoms with van der Waals surface area (Å²) in [6.07, 6.45) is -6.13. The first-order valence-corrected chi connectivity index (χ1v) is 11.6. The third-order valence-corrected chi connectivity index (χ3v) is 7.01. The molecule has 1 aliphatic rings. The number of rotatable bonds is 7. The minimum absolute atomic E-state index is 0.413. The molecule has 0 spiro atoms. The number of nitrogens with zero attached hydrogens (tertiary/aromatic N) is 1. The lowest BCUT2D eigenvalue weighted by Crippen LogP contribution is -2.31. The molecule has 1 fully saturated rings. The van der Waals surface area contributed by atoms with E-state index in [1.54, 1.807) is 0 Å². The maximum atomic E-state index is 14.1. The number of nitrogens with one attached hydrogen (secondary N) is 1. The summed E-state index contributed by atoms with van der Waals surface area (Å²) in [5.74, 6) is -1.10. The Labute approximate surface area is 158 Å². The molecule has 28 heavy (non-hydrogen) atoms. The zero-order chi connectivity index (χ0) is 21.5. The number of H-pyrrole nitrogens is 1. The van der Waals surface area contributed by atoms with Crippen LogP contribution in [0.4, 0.5) is 8.78 Å². The molecule has 1 aliphatic heterocycles. The third kappa shape index (κ3) is 6.42. The van der Waals surface area contributed by atoms with Crippen molar-refractivity contribution in [2.75, 3.05) is 0 Å². The Morgan fingerprint density at radius 3 is 2.39 bits per heavy atom. The van der Waals surface area contributed by atoms with Gasteiger partial charge in [0.25, 0.3) is 0 Å². The number of alkyl halides is 1. The highest BCUT2D eigenvalue weighted by Gasteiger charge is 2.46. The average Bonchev–Trinajstić information content (AvgIpc) is 2.78. The fraction of sp³-hybridized carbons (Fsp3) is 0.500. The third-order valence-electron chi connectivity index (χ3n) is 2.88. The number of halogens is 2. The normalized spacial score (nSPS) is 27.3. The molecule has 160 valence electrons. The van der Waals surface area contributed by atoms with Crippen LogP contribution in [0.15, 0.2) is 11.0 Å². The van der Waals surface area contributed by atoms with Crippen LogP contribution in [0.3, 0.4) is 0 Å². The smallest absolute Gasteiger partial charge is 0.325 e. The van der Waals surface area contributed by atoms with Crippen LogP contribution >= 0.6 is 35.7 Å². The highest BCUT2D eigenvalue weighted by atomic mass is 32.1. The molecule has 5 N–H and O–H groups in total. The zero-order valence-electron chi connectivity index (χ0n) is 13.0. The average molecular weight is 490 g/mol. The van der Waals surface area contributed by atoms with Gasteiger partial charge in [-0.25, -0.2) is 27.3 Å². The summed E-state index contributed by atoms with van der Waals surface area (Å²) in [6.45, 7) is 0. The summed E-state index contributed by atoms with van der Waals surface area (Å²) in [4.78, 5) is 48.9. The van der Waals surface area contributed by atoms with Crippen molar-refractivity contribution in [2.24, 2.45) is 0 Å². The number of phosphoric ester groups is 1. The largest absolute Gasteiger partial charge is 0.490 e. The van der Waals surface area contributed by atoms with Gasteiger partial charge in [0.15, 0.2) is 24.5 Å². The fourth-order valence-corrected chi connectivity index (χ4v) is 5.23. The minimum Gasteiger partial charge on any atom is -0.325 e. The van der Waals surface area contributed by atoms with Crippen LogP contribution in [0.2, 0.25) is 0 Å². The lowest BCUT2D eigenvalue weighted by Gasteiger charge is -2.19. The number of hydrogen-bond donors (Lipinski definition) is 5. The van der Waals surface area contributed by atoms with Crippen LogP contribution in [0.1, 0.15) is 12.6 Å². The Kier molecular flexibility index (Phi) is 6.93. The van der Waals surface area contributed by atoms with E-state index in [1.807, 2.05) is 4.98 Å². The predicted octanol–water partition coefficient (Wildman–Crippen LogP) is 0.971. The van der Waals surface area contributed by atoms with Gasteiger partial charge in [-0.1, -0.05) is 12.2 Å². The Morgan fingerprint density at radius 2 is 1.82 bits per heavy atom. The Hall–Kier alpha value is -0.670. The molecule has 2 heterocycles. The Bertz CT molecular complexity index is 1010. The van der Waals surface area contributed by atoms with Gasteiger partial charge >= 0.3 is 29.2 Å². The first kappa shape index (κ1) is 23.6. The van der Waals surface area contributed by atoms with Gasteiger partial charge < -0.3 is 24.3 Å². The van der Waals surface area contributed by atoms with Crippen LogP contribution in [0.25, 0.3) is 0 Å². The molecule has 0 saturated carbocycles. The van der Waals surface area contributed by atoms with E-state index < -0.39 is 64.7 Å². The quantitative estimate of drug-likeness (QED) is 0.267. The van der Waals surface area contributed by atoms with Gasteiger partial charge in [-0.05, 0) is 0 Å². The van der Waals surface area contributed by atoms with Crippen LogP contribution in [-0.4, -0.2) is 41.6 Å². The van der Waals surface area contributed by atoms with Crippen molar-refractivity contribution in [3.05, 3.63) is 27.1 Å². The molecular weight excluding hydrogens is 479 g/mol. The second-order valence-electron chi connectivity index (χ2n) is 5.05. The predicted molar refractivity (Wildman–Crippen MR) is 84.2 cm³/mol. The molecule has 2 unspecified atom stereocenters. The van der Waals surface area contributed by atoms with E-state index in [1.165, 1.54) is 0 Å². The highest BCUT2D eigenvalue weighted by molar-refractivity contribution is 7.71. The van der Waals surface area contributed by atoms with Gasteiger partial charge in [-0.3, -0.25) is 14.1 Å². The SMILES string of the molecule is O=c1[nH]c(=S)c(F)cn1[C@@H]1O[C@H](OP(=O)(O)OP(=O)(O)OP(=O)(O)O)C[C@@H]1F. The van der Waals surface area contributed by atoms with Gasteiger partial charge in [0.2, 0.25) is 0 Å². The summed E-state index contributed by atoms with van der Waals surface area (Å²) in [6, 6.07) is 0. The molecule has 0 aliphatic carbocycles.